The maximum Gasteiger partial charge on any atom is 0.154 e. The summed E-state index contributed by atoms with van der Waals surface area (Å²) in [7, 11) is 0. The summed E-state index contributed by atoms with van der Waals surface area (Å²) in [6.45, 7) is 3.22. The number of aldehydes is 1. The molecule has 0 spiro atoms. The minimum absolute atomic E-state index is 0.0564. The zero-order valence-electron chi connectivity index (χ0n) is 8.95. The summed E-state index contributed by atoms with van der Waals surface area (Å²) in [6.07, 6.45) is -4.84. The van der Waals surface area contributed by atoms with Gasteiger partial charge < -0.3 is 30.3 Å². The summed E-state index contributed by atoms with van der Waals surface area (Å²) in [4.78, 5) is 10.4. The topological polar surface area (TPSA) is 118 Å². The van der Waals surface area contributed by atoms with Gasteiger partial charge in [-0.25, -0.2) is 0 Å². The molecule has 0 saturated carbocycles. The molecule has 0 aliphatic heterocycles. The summed E-state index contributed by atoms with van der Waals surface area (Å²) in [5, 5.41) is 47.1. The van der Waals surface area contributed by atoms with Gasteiger partial charge in [0.2, 0.25) is 0 Å². The van der Waals surface area contributed by atoms with Crippen molar-refractivity contribution in [3.05, 3.63) is 0 Å². The predicted octanol–water partition coefficient (Wildman–Crippen LogP) is -2.21. The van der Waals surface area contributed by atoms with E-state index in [0.717, 1.165) is 13.8 Å². The molecule has 0 aromatic carbocycles. The van der Waals surface area contributed by atoms with Crippen molar-refractivity contribution in [2.24, 2.45) is 0 Å². The molecule has 0 amide bonds. The smallest absolute Gasteiger partial charge is 0.154 e. The third-order valence-corrected chi connectivity index (χ3v) is 2.40. The van der Waals surface area contributed by atoms with Crippen LogP contribution in [0.1, 0.15) is 20.8 Å². The van der Waals surface area contributed by atoms with Gasteiger partial charge in [-0.15, -0.1) is 0 Å². The Bertz CT molecular complexity index is 223. The van der Waals surface area contributed by atoms with E-state index in [-0.39, 0.29) is 6.29 Å². The minimum Gasteiger partial charge on any atom is -0.391 e. The van der Waals surface area contributed by atoms with Crippen molar-refractivity contribution in [2.75, 3.05) is 0 Å². The molecule has 5 N–H and O–H groups in total. The molecular weight excluding hydrogens is 204 g/mol. The molecule has 0 rings (SSSR count). The van der Waals surface area contributed by atoms with E-state index in [0.29, 0.717) is 0 Å². The van der Waals surface area contributed by atoms with Crippen molar-refractivity contribution in [2.45, 2.75) is 50.3 Å². The van der Waals surface area contributed by atoms with Crippen molar-refractivity contribution in [3.63, 3.8) is 0 Å². The summed E-state index contributed by atoms with van der Waals surface area (Å²) in [5.74, 6) is 0. The van der Waals surface area contributed by atoms with E-state index in [1.165, 1.54) is 6.92 Å². The largest absolute Gasteiger partial charge is 0.391 e. The Balaban J connectivity index is 4.95. The molecular formula is C9H18O6. The summed E-state index contributed by atoms with van der Waals surface area (Å²) >= 11 is 0. The van der Waals surface area contributed by atoms with Crippen LogP contribution in [-0.4, -0.2) is 61.3 Å². The molecule has 0 aliphatic carbocycles. The highest BCUT2D eigenvalue weighted by Gasteiger charge is 2.48. The van der Waals surface area contributed by atoms with E-state index in [1.54, 1.807) is 0 Å². The van der Waals surface area contributed by atoms with Crippen molar-refractivity contribution in [3.8, 4) is 0 Å². The lowest BCUT2D eigenvalue weighted by molar-refractivity contribution is -0.207. The summed E-state index contributed by atoms with van der Waals surface area (Å²) in [6, 6.07) is 0. The van der Waals surface area contributed by atoms with Gasteiger partial charge in [0.05, 0.1) is 6.10 Å². The second kappa shape index (κ2) is 4.54. The number of aliphatic hydroxyl groups excluding tert-OH is 3. The van der Waals surface area contributed by atoms with Crippen molar-refractivity contribution in [1.29, 1.82) is 0 Å². The first-order valence-corrected chi connectivity index (χ1v) is 4.52. The van der Waals surface area contributed by atoms with Gasteiger partial charge >= 0.3 is 0 Å². The standard InChI is InChI=1S/C9H18O6/c1-5(11)6(12)9(3,15)7(13)8(2,14)4-10/h4-7,11-15H,1-3H3/t5?,6-,7-,8+,9-/m1/s1. The van der Waals surface area contributed by atoms with E-state index in [2.05, 4.69) is 0 Å². The number of carbonyl (C=O) groups is 1. The highest BCUT2D eigenvalue weighted by atomic mass is 16.4. The van der Waals surface area contributed by atoms with Gasteiger partial charge in [-0.3, -0.25) is 0 Å². The molecule has 6 nitrogen and oxygen atoms in total. The Hall–Kier alpha value is -0.530. The van der Waals surface area contributed by atoms with Crippen LogP contribution in [0.2, 0.25) is 0 Å². The molecule has 0 aliphatic rings. The zero-order chi connectivity index (χ0) is 12.4. The predicted molar refractivity (Wildman–Crippen MR) is 51.0 cm³/mol. The molecule has 6 heteroatoms. The van der Waals surface area contributed by atoms with Crippen LogP contribution in [0.3, 0.4) is 0 Å². The first kappa shape index (κ1) is 14.5. The van der Waals surface area contributed by atoms with Gasteiger partial charge in [0.15, 0.2) is 6.29 Å². The van der Waals surface area contributed by atoms with E-state index in [9.17, 15) is 25.2 Å². The molecule has 1 unspecified atom stereocenters. The van der Waals surface area contributed by atoms with Gasteiger partial charge in [-0.05, 0) is 20.8 Å². The van der Waals surface area contributed by atoms with Crippen LogP contribution in [0.4, 0.5) is 0 Å². The van der Waals surface area contributed by atoms with Crippen LogP contribution in [0, 0.1) is 0 Å². The average Bonchev–Trinajstić information content (AvgIpc) is 2.15. The third kappa shape index (κ3) is 2.96. The first-order valence-electron chi connectivity index (χ1n) is 4.52. The lowest BCUT2D eigenvalue weighted by atomic mass is 9.81. The van der Waals surface area contributed by atoms with Crippen molar-refractivity contribution >= 4 is 6.29 Å². The van der Waals surface area contributed by atoms with E-state index < -0.39 is 29.5 Å². The van der Waals surface area contributed by atoms with E-state index >= 15 is 0 Å². The van der Waals surface area contributed by atoms with Crippen LogP contribution < -0.4 is 0 Å². The highest BCUT2D eigenvalue weighted by molar-refractivity contribution is 5.62. The second-order valence-corrected chi connectivity index (χ2v) is 4.16. The average molecular weight is 222 g/mol. The lowest BCUT2D eigenvalue weighted by Crippen LogP contribution is -2.62. The second-order valence-electron chi connectivity index (χ2n) is 4.16. The Morgan fingerprint density at radius 2 is 1.53 bits per heavy atom. The van der Waals surface area contributed by atoms with Gasteiger partial charge in [-0.2, -0.15) is 0 Å². The molecule has 0 fully saturated rings. The van der Waals surface area contributed by atoms with Crippen LogP contribution >= 0.6 is 0 Å². The number of rotatable bonds is 5. The fourth-order valence-corrected chi connectivity index (χ4v) is 1.31. The lowest BCUT2D eigenvalue weighted by Gasteiger charge is -2.39. The highest BCUT2D eigenvalue weighted by Crippen LogP contribution is 2.24. The van der Waals surface area contributed by atoms with Crippen LogP contribution in [0.15, 0.2) is 0 Å². The number of aliphatic hydroxyl groups is 5. The molecule has 0 heterocycles. The van der Waals surface area contributed by atoms with Crippen molar-refractivity contribution < 1.29 is 30.3 Å². The van der Waals surface area contributed by atoms with Gasteiger partial charge in [0, 0.05) is 0 Å². The van der Waals surface area contributed by atoms with Gasteiger partial charge in [0.25, 0.3) is 0 Å². The number of carbonyl (C=O) groups excluding carboxylic acids is 1. The monoisotopic (exact) mass is 222 g/mol. The normalized spacial score (nSPS) is 25.9. The van der Waals surface area contributed by atoms with E-state index in [4.69, 9.17) is 5.11 Å². The quantitative estimate of drug-likeness (QED) is 0.337. The fourth-order valence-electron chi connectivity index (χ4n) is 1.31. The van der Waals surface area contributed by atoms with Crippen LogP contribution in [0.5, 0.6) is 0 Å². The molecule has 90 valence electrons. The molecule has 0 bridgehead atoms. The minimum atomic E-state index is -2.20. The zero-order valence-corrected chi connectivity index (χ0v) is 8.95. The number of hydrogen-bond donors (Lipinski definition) is 5. The molecule has 5 atom stereocenters. The molecule has 0 radical (unpaired) electrons. The van der Waals surface area contributed by atoms with Gasteiger partial charge in [0.1, 0.15) is 23.4 Å². The molecule has 0 aromatic rings. The third-order valence-electron chi connectivity index (χ3n) is 2.40. The number of hydrogen-bond acceptors (Lipinski definition) is 6. The van der Waals surface area contributed by atoms with Crippen LogP contribution in [-0.2, 0) is 4.79 Å². The summed E-state index contributed by atoms with van der Waals surface area (Å²) < 4.78 is 0. The van der Waals surface area contributed by atoms with Crippen molar-refractivity contribution in [1.82, 2.24) is 0 Å². The summed E-state index contributed by atoms with van der Waals surface area (Å²) in [5.41, 5.74) is -4.39. The maximum absolute atomic E-state index is 10.4. The Kier molecular flexibility index (Phi) is 4.38. The molecule has 0 saturated heterocycles. The van der Waals surface area contributed by atoms with Gasteiger partial charge in [-0.1, -0.05) is 0 Å². The SMILES string of the molecule is CC(O)[C@@H](O)[C@@](C)(O)[C@H](O)[C@@](C)(O)C=O. The Morgan fingerprint density at radius 3 is 1.80 bits per heavy atom. The first-order chi connectivity index (χ1) is 6.57. The maximum atomic E-state index is 10.4. The Labute approximate surface area is 87.8 Å². The van der Waals surface area contributed by atoms with Crippen LogP contribution in [0.25, 0.3) is 0 Å². The van der Waals surface area contributed by atoms with E-state index in [1.807, 2.05) is 0 Å². The molecule has 0 aromatic heterocycles. The fraction of sp³-hybridized carbons (Fsp3) is 0.889. The Morgan fingerprint density at radius 1 is 1.13 bits per heavy atom. The molecule has 15 heavy (non-hydrogen) atoms.